The largest absolute Gasteiger partial charge is 0.416 e. The Balaban J connectivity index is 3.17. The molecule has 0 N–H and O–H groups in total. The standard InChI is InChI=1S/C9H7Br2F3/c10-4-6-1-7(5-11)3-8(2-6)9(12,13)14/h1-3H,4-5H2. The summed E-state index contributed by atoms with van der Waals surface area (Å²) in [5.41, 5.74) is 0.674. The van der Waals surface area contributed by atoms with E-state index in [4.69, 9.17) is 0 Å². The van der Waals surface area contributed by atoms with Gasteiger partial charge in [0.2, 0.25) is 0 Å². The van der Waals surface area contributed by atoms with Crippen molar-refractivity contribution in [2.45, 2.75) is 16.8 Å². The highest BCUT2D eigenvalue weighted by molar-refractivity contribution is 9.08. The number of hydrogen-bond acceptors (Lipinski definition) is 0. The number of halogens is 5. The lowest BCUT2D eigenvalue weighted by atomic mass is 10.1. The van der Waals surface area contributed by atoms with Crippen LogP contribution in [0.5, 0.6) is 0 Å². The van der Waals surface area contributed by atoms with Crippen LogP contribution in [-0.4, -0.2) is 0 Å². The van der Waals surface area contributed by atoms with Gasteiger partial charge in [0.1, 0.15) is 0 Å². The van der Waals surface area contributed by atoms with Gasteiger partial charge in [0, 0.05) is 10.7 Å². The van der Waals surface area contributed by atoms with Crippen molar-refractivity contribution in [1.29, 1.82) is 0 Å². The van der Waals surface area contributed by atoms with E-state index in [1.54, 1.807) is 6.07 Å². The first-order valence-electron chi connectivity index (χ1n) is 3.79. The number of hydrogen-bond donors (Lipinski definition) is 0. The molecule has 1 rings (SSSR count). The van der Waals surface area contributed by atoms with Crippen molar-refractivity contribution in [3.63, 3.8) is 0 Å². The Bertz CT molecular complexity index is 298. The fourth-order valence-electron chi connectivity index (χ4n) is 1.08. The Kier molecular flexibility index (Phi) is 4.01. The third-order valence-corrected chi connectivity index (χ3v) is 2.98. The van der Waals surface area contributed by atoms with E-state index >= 15 is 0 Å². The van der Waals surface area contributed by atoms with E-state index in [2.05, 4.69) is 31.9 Å². The van der Waals surface area contributed by atoms with Crippen LogP contribution in [0, 0.1) is 0 Å². The molecular formula is C9H7Br2F3. The molecule has 0 heterocycles. The van der Waals surface area contributed by atoms with E-state index in [9.17, 15) is 13.2 Å². The van der Waals surface area contributed by atoms with E-state index in [-0.39, 0.29) is 0 Å². The molecule has 0 nitrogen and oxygen atoms in total. The van der Waals surface area contributed by atoms with Crippen LogP contribution in [0.1, 0.15) is 16.7 Å². The first-order valence-corrected chi connectivity index (χ1v) is 6.03. The average molecular weight is 332 g/mol. The van der Waals surface area contributed by atoms with Crippen molar-refractivity contribution in [1.82, 2.24) is 0 Å². The zero-order chi connectivity index (χ0) is 10.8. The molecule has 5 heteroatoms. The minimum Gasteiger partial charge on any atom is -0.166 e. The molecule has 78 valence electrons. The summed E-state index contributed by atoms with van der Waals surface area (Å²) in [6.07, 6.45) is -4.27. The first-order chi connectivity index (χ1) is 6.47. The fourth-order valence-corrected chi connectivity index (χ4v) is 1.73. The summed E-state index contributed by atoms with van der Waals surface area (Å²) in [7, 11) is 0. The Morgan fingerprint density at radius 2 is 1.36 bits per heavy atom. The summed E-state index contributed by atoms with van der Waals surface area (Å²) in [5.74, 6) is 0. The second-order valence-electron chi connectivity index (χ2n) is 2.80. The zero-order valence-corrected chi connectivity index (χ0v) is 10.2. The summed E-state index contributed by atoms with van der Waals surface area (Å²) in [5, 5.41) is 0.855. The van der Waals surface area contributed by atoms with E-state index in [0.717, 1.165) is 12.1 Å². The molecular weight excluding hydrogens is 325 g/mol. The molecule has 1 aromatic rings. The van der Waals surface area contributed by atoms with Gasteiger partial charge >= 0.3 is 6.18 Å². The molecule has 0 saturated heterocycles. The predicted molar refractivity (Wildman–Crippen MR) is 56.7 cm³/mol. The molecule has 0 aromatic heterocycles. The van der Waals surface area contributed by atoms with Gasteiger partial charge in [-0.1, -0.05) is 37.9 Å². The lowest BCUT2D eigenvalue weighted by molar-refractivity contribution is -0.137. The molecule has 0 radical (unpaired) electrons. The Morgan fingerprint density at radius 3 is 1.64 bits per heavy atom. The van der Waals surface area contributed by atoms with Gasteiger partial charge in [0.25, 0.3) is 0 Å². The van der Waals surface area contributed by atoms with Gasteiger partial charge in [0.15, 0.2) is 0 Å². The lowest BCUT2D eigenvalue weighted by Gasteiger charge is -2.09. The molecule has 0 amide bonds. The summed E-state index contributed by atoms with van der Waals surface area (Å²) < 4.78 is 37.2. The van der Waals surface area contributed by atoms with E-state index in [1.165, 1.54) is 0 Å². The number of benzene rings is 1. The number of alkyl halides is 5. The molecule has 0 aliphatic carbocycles. The van der Waals surface area contributed by atoms with Crippen molar-refractivity contribution >= 4 is 31.9 Å². The smallest absolute Gasteiger partial charge is 0.166 e. The topological polar surface area (TPSA) is 0 Å². The molecule has 0 unspecified atom stereocenters. The van der Waals surface area contributed by atoms with Gasteiger partial charge in [0.05, 0.1) is 5.56 Å². The van der Waals surface area contributed by atoms with Crippen LogP contribution in [0.3, 0.4) is 0 Å². The van der Waals surface area contributed by atoms with Crippen LogP contribution in [0.2, 0.25) is 0 Å². The number of rotatable bonds is 2. The van der Waals surface area contributed by atoms with Gasteiger partial charge in [-0.05, 0) is 23.3 Å². The minimum absolute atomic E-state index is 0.427. The monoisotopic (exact) mass is 330 g/mol. The SMILES string of the molecule is FC(F)(F)c1cc(CBr)cc(CBr)c1. The zero-order valence-electron chi connectivity index (χ0n) is 7.04. The Labute approximate surface area is 96.8 Å². The van der Waals surface area contributed by atoms with Crippen LogP contribution in [-0.2, 0) is 16.8 Å². The quantitative estimate of drug-likeness (QED) is 0.700. The highest BCUT2D eigenvalue weighted by Crippen LogP contribution is 2.31. The summed E-state index contributed by atoms with van der Waals surface area (Å²) in [6, 6.07) is 4.04. The minimum atomic E-state index is -4.27. The third kappa shape index (κ3) is 2.98. The van der Waals surface area contributed by atoms with Crippen LogP contribution >= 0.6 is 31.9 Å². The maximum atomic E-state index is 12.4. The molecule has 0 aliphatic heterocycles. The average Bonchev–Trinajstić information content (AvgIpc) is 2.15. The third-order valence-electron chi connectivity index (χ3n) is 1.69. The summed E-state index contributed by atoms with van der Waals surface area (Å²) in [6.45, 7) is 0. The maximum Gasteiger partial charge on any atom is 0.416 e. The van der Waals surface area contributed by atoms with Crippen molar-refractivity contribution in [3.8, 4) is 0 Å². The summed E-state index contributed by atoms with van der Waals surface area (Å²) >= 11 is 6.28. The molecule has 14 heavy (non-hydrogen) atoms. The Hall–Kier alpha value is -0.0300. The fraction of sp³-hybridized carbons (Fsp3) is 0.333. The van der Waals surface area contributed by atoms with Gasteiger partial charge in [-0.15, -0.1) is 0 Å². The normalized spacial score (nSPS) is 11.8. The van der Waals surface area contributed by atoms with Crippen LogP contribution < -0.4 is 0 Å². The molecule has 0 atom stereocenters. The van der Waals surface area contributed by atoms with Crippen molar-refractivity contribution < 1.29 is 13.2 Å². The van der Waals surface area contributed by atoms with Gasteiger partial charge in [-0.25, -0.2) is 0 Å². The van der Waals surface area contributed by atoms with Gasteiger partial charge in [-0.3, -0.25) is 0 Å². The van der Waals surface area contributed by atoms with Crippen LogP contribution in [0.15, 0.2) is 18.2 Å². The molecule has 0 saturated carbocycles. The second-order valence-corrected chi connectivity index (χ2v) is 3.92. The molecule has 1 aromatic carbocycles. The van der Waals surface area contributed by atoms with E-state index in [1.807, 2.05) is 0 Å². The highest BCUT2D eigenvalue weighted by Gasteiger charge is 2.30. The molecule has 0 fully saturated rings. The van der Waals surface area contributed by atoms with Crippen molar-refractivity contribution in [2.24, 2.45) is 0 Å². The van der Waals surface area contributed by atoms with Gasteiger partial charge < -0.3 is 0 Å². The van der Waals surface area contributed by atoms with Crippen LogP contribution in [0.4, 0.5) is 13.2 Å². The van der Waals surface area contributed by atoms with Crippen LogP contribution in [0.25, 0.3) is 0 Å². The molecule has 0 aliphatic rings. The van der Waals surface area contributed by atoms with Crippen molar-refractivity contribution in [2.75, 3.05) is 0 Å². The maximum absolute atomic E-state index is 12.4. The van der Waals surface area contributed by atoms with Gasteiger partial charge in [-0.2, -0.15) is 13.2 Å². The predicted octanol–water partition coefficient (Wildman–Crippen LogP) is 4.50. The first kappa shape index (κ1) is 12.0. The highest BCUT2D eigenvalue weighted by atomic mass is 79.9. The Morgan fingerprint density at radius 1 is 0.929 bits per heavy atom. The van der Waals surface area contributed by atoms with Crippen molar-refractivity contribution in [3.05, 3.63) is 34.9 Å². The summed E-state index contributed by atoms with van der Waals surface area (Å²) in [4.78, 5) is 0. The van der Waals surface area contributed by atoms with E-state index < -0.39 is 11.7 Å². The lowest BCUT2D eigenvalue weighted by Crippen LogP contribution is -2.06. The second kappa shape index (κ2) is 4.66. The molecule has 0 spiro atoms. The molecule has 0 bridgehead atoms. The van der Waals surface area contributed by atoms with E-state index in [0.29, 0.717) is 21.8 Å².